The lowest BCUT2D eigenvalue weighted by molar-refractivity contribution is 0.480. The fourth-order valence-corrected chi connectivity index (χ4v) is 4.46. The summed E-state index contributed by atoms with van der Waals surface area (Å²) in [5.74, 6) is -2.35. The molecule has 2 aromatic heterocycles. The van der Waals surface area contributed by atoms with Crippen molar-refractivity contribution in [2.45, 2.75) is 5.44 Å². The number of hydrogen-bond donors (Lipinski definition) is 5. The molecule has 0 amide bonds. The van der Waals surface area contributed by atoms with Gasteiger partial charge in [-0.25, -0.2) is 9.37 Å². The van der Waals surface area contributed by atoms with Gasteiger partial charge in [-0.05, 0) is 29.8 Å². The number of aromatic nitrogens is 2. The summed E-state index contributed by atoms with van der Waals surface area (Å²) in [7, 11) is 1.97. The van der Waals surface area contributed by atoms with Crippen LogP contribution < -0.4 is 27.0 Å². The van der Waals surface area contributed by atoms with Gasteiger partial charge in [-0.1, -0.05) is 35.3 Å². The normalized spacial score (nSPS) is 14.2. The predicted octanol–water partition coefficient (Wildman–Crippen LogP) is 4.18. The van der Waals surface area contributed by atoms with Crippen molar-refractivity contribution in [3.05, 3.63) is 99.7 Å². The van der Waals surface area contributed by atoms with Gasteiger partial charge >= 0.3 is 0 Å². The molecule has 1 atom stereocenters. The van der Waals surface area contributed by atoms with Crippen molar-refractivity contribution in [2.24, 2.45) is 0 Å². The lowest BCUT2D eigenvalue weighted by Gasteiger charge is -2.34. The Morgan fingerprint density at radius 1 is 1.03 bits per heavy atom. The first kappa shape index (κ1) is 24.6. The van der Waals surface area contributed by atoms with Crippen LogP contribution in [-0.2, 0) is 5.44 Å². The first-order valence-electron chi connectivity index (χ1n) is 10.9. The quantitative estimate of drug-likeness (QED) is 0.184. The van der Waals surface area contributed by atoms with E-state index in [1.54, 1.807) is 30.5 Å². The van der Waals surface area contributed by atoms with Crippen molar-refractivity contribution in [1.82, 2.24) is 26.4 Å². The molecule has 37 heavy (non-hydrogen) atoms. The van der Waals surface area contributed by atoms with Crippen molar-refractivity contribution in [3.63, 3.8) is 0 Å². The van der Waals surface area contributed by atoms with E-state index in [9.17, 15) is 14.0 Å². The van der Waals surface area contributed by atoms with Crippen LogP contribution in [0.2, 0.25) is 10.0 Å². The third kappa shape index (κ3) is 4.70. The molecule has 8 nitrogen and oxygen atoms in total. The van der Waals surface area contributed by atoms with Crippen molar-refractivity contribution in [1.29, 1.82) is 5.26 Å². The fraction of sp³-hybridized carbons (Fsp3) is 0.0417. The molecule has 2 aromatic carbocycles. The van der Waals surface area contributed by atoms with Gasteiger partial charge in [0.15, 0.2) is 5.82 Å². The number of halogens is 4. The van der Waals surface area contributed by atoms with Crippen LogP contribution in [0.25, 0.3) is 10.9 Å². The fourth-order valence-electron chi connectivity index (χ4n) is 4.07. The van der Waals surface area contributed by atoms with E-state index in [-0.39, 0.29) is 11.3 Å². The summed E-state index contributed by atoms with van der Waals surface area (Å²) in [6, 6.07) is 13.9. The molecule has 13 heteroatoms. The average molecular weight is 537 g/mol. The van der Waals surface area contributed by atoms with Crippen LogP contribution in [0, 0.1) is 23.1 Å². The summed E-state index contributed by atoms with van der Waals surface area (Å²) in [6.07, 6.45) is 4.27. The van der Waals surface area contributed by atoms with Crippen LogP contribution in [0.1, 0.15) is 11.1 Å². The minimum absolute atomic E-state index is 0.154. The summed E-state index contributed by atoms with van der Waals surface area (Å²) in [6.45, 7) is 0. The Balaban J connectivity index is 1.63. The molecule has 0 fully saturated rings. The first-order valence-corrected chi connectivity index (χ1v) is 11.7. The van der Waals surface area contributed by atoms with E-state index in [1.807, 2.05) is 20.0 Å². The van der Waals surface area contributed by atoms with Gasteiger partial charge in [0.1, 0.15) is 13.9 Å². The van der Waals surface area contributed by atoms with Crippen molar-refractivity contribution in [2.75, 3.05) is 10.6 Å². The number of pyridine rings is 2. The summed E-state index contributed by atoms with van der Waals surface area (Å²) in [5, 5.41) is 17.6. The number of nitrogens with one attached hydrogen (secondary N) is 5. The number of nitrogens with zero attached hydrogens (tertiary/aromatic N) is 3. The molecule has 0 aliphatic carbocycles. The largest absolute Gasteiger partial charge is 0.378 e. The summed E-state index contributed by atoms with van der Waals surface area (Å²) in [5.41, 5.74) is 11.4. The molecule has 0 saturated carbocycles. The predicted molar refractivity (Wildman–Crippen MR) is 142 cm³/mol. The van der Waals surface area contributed by atoms with Crippen LogP contribution in [-0.4, -0.2) is 17.8 Å². The van der Waals surface area contributed by atoms with Crippen molar-refractivity contribution < 1.29 is 8.78 Å². The Labute approximate surface area is 221 Å². The molecule has 0 saturated heterocycles. The number of hydrazine groups is 2. The Bertz CT molecular complexity index is 1590. The Morgan fingerprint density at radius 2 is 1.81 bits per heavy atom. The highest BCUT2D eigenvalue weighted by Crippen LogP contribution is 2.38. The number of nitriles is 1. The molecular weight excluding hydrogens is 520 g/mol. The smallest absolute Gasteiger partial charge is 0.249 e. The molecule has 0 radical (unpaired) electrons. The van der Waals surface area contributed by atoms with Crippen LogP contribution in [0.5, 0.6) is 0 Å². The molecule has 3 heterocycles. The van der Waals surface area contributed by atoms with Gasteiger partial charge in [0, 0.05) is 34.6 Å². The minimum Gasteiger partial charge on any atom is -0.378 e. The minimum atomic E-state index is -1.22. The van der Waals surface area contributed by atoms with E-state index in [0.717, 1.165) is 23.5 Å². The van der Waals surface area contributed by atoms with E-state index >= 15 is 0 Å². The maximum absolute atomic E-state index is 13.8. The average Bonchev–Trinajstić information content (AvgIpc) is 3.43. The maximum Gasteiger partial charge on any atom is 0.249 e. The maximum atomic E-state index is 13.8. The molecule has 4 aromatic rings. The van der Waals surface area contributed by atoms with Crippen LogP contribution in [0.15, 0.2) is 66.8 Å². The zero-order valence-electron chi connectivity index (χ0n) is 19.1. The molecule has 0 spiro atoms. The Morgan fingerprint density at radius 3 is 2.49 bits per heavy atom. The van der Waals surface area contributed by atoms with Crippen LogP contribution >= 0.6 is 23.2 Å². The van der Waals surface area contributed by atoms with Gasteiger partial charge in [0.25, 0.3) is 0 Å². The Hall–Kier alpha value is -4.11. The SMILES string of the molecule is BC(Nc1cc(Cl)c2ncc(C#N)c(Nc3cnc(F)c(F)c3)c2c1)(C1=CNNN1)c1ccc(Cl)cc1. The van der Waals surface area contributed by atoms with E-state index in [0.29, 0.717) is 32.3 Å². The number of benzene rings is 2. The summed E-state index contributed by atoms with van der Waals surface area (Å²) >= 11 is 12.7. The van der Waals surface area contributed by atoms with E-state index < -0.39 is 17.2 Å². The lowest BCUT2D eigenvalue weighted by atomic mass is 9.69. The molecule has 184 valence electrons. The van der Waals surface area contributed by atoms with Crippen LogP contribution in [0.3, 0.4) is 0 Å². The number of anilines is 3. The van der Waals surface area contributed by atoms with Gasteiger partial charge in [-0.15, -0.1) is 0 Å². The second-order valence-corrected chi connectivity index (χ2v) is 9.19. The molecule has 1 unspecified atom stereocenters. The highest BCUT2D eigenvalue weighted by atomic mass is 35.5. The monoisotopic (exact) mass is 536 g/mol. The molecule has 5 rings (SSSR count). The second-order valence-electron chi connectivity index (χ2n) is 8.34. The first-order chi connectivity index (χ1) is 17.8. The van der Waals surface area contributed by atoms with Gasteiger partial charge < -0.3 is 21.5 Å². The lowest BCUT2D eigenvalue weighted by Crippen LogP contribution is -2.44. The highest BCUT2D eigenvalue weighted by molar-refractivity contribution is 6.36. The number of fused-ring (bicyclic) bond motifs is 1. The van der Waals surface area contributed by atoms with Gasteiger partial charge in [0.05, 0.1) is 44.8 Å². The zero-order chi connectivity index (χ0) is 26.2. The standard InChI is InChI=1S/C24H17BCl2F2N8/c25-24(20-11-33-37-36-20,13-1-3-14(26)4-2-13)35-15-5-17-21(34-16-7-19(28)23(29)32-10-16)12(8-30)9-31-22(17)18(27)6-15/h1-7,9-11,33,35-37H,25H2,(H,31,34). The zero-order valence-corrected chi connectivity index (χ0v) is 20.6. The van der Waals surface area contributed by atoms with Crippen molar-refractivity contribution in [3.8, 4) is 6.07 Å². The van der Waals surface area contributed by atoms with Gasteiger partial charge in [-0.3, -0.25) is 4.98 Å². The Kier molecular flexibility index (Phi) is 6.47. The third-order valence-corrected chi connectivity index (χ3v) is 6.49. The number of rotatable bonds is 6. The van der Waals surface area contributed by atoms with Crippen molar-refractivity contribution >= 4 is 59.0 Å². The summed E-state index contributed by atoms with van der Waals surface area (Å²) < 4.78 is 27.2. The molecule has 1 aliphatic heterocycles. The van der Waals surface area contributed by atoms with Crippen LogP contribution in [0.4, 0.5) is 25.8 Å². The molecule has 0 bridgehead atoms. The molecular formula is C24H17BCl2F2N8. The molecule has 1 aliphatic rings. The number of hydrogen-bond acceptors (Lipinski definition) is 8. The van der Waals surface area contributed by atoms with E-state index in [4.69, 9.17) is 23.2 Å². The second kappa shape index (κ2) is 9.74. The summed E-state index contributed by atoms with van der Waals surface area (Å²) in [4.78, 5) is 7.74. The highest BCUT2D eigenvalue weighted by Gasteiger charge is 2.33. The van der Waals surface area contributed by atoms with Gasteiger partial charge in [-0.2, -0.15) is 15.2 Å². The topological polar surface area (TPSA) is 110 Å². The molecule has 5 N–H and O–H groups in total. The third-order valence-electron chi connectivity index (χ3n) is 5.95. The van der Waals surface area contributed by atoms with Gasteiger partial charge in [0.2, 0.25) is 5.95 Å². The van der Waals surface area contributed by atoms with E-state index in [2.05, 4.69) is 43.1 Å². The van der Waals surface area contributed by atoms with E-state index in [1.165, 1.54) is 6.20 Å².